The van der Waals surface area contributed by atoms with E-state index in [9.17, 15) is 9.18 Å². The van der Waals surface area contributed by atoms with E-state index in [1.807, 2.05) is 13.1 Å². The lowest BCUT2D eigenvalue weighted by Crippen LogP contribution is -2.46. The highest BCUT2D eigenvalue weighted by molar-refractivity contribution is 5.82. The van der Waals surface area contributed by atoms with Gasteiger partial charge in [-0.3, -0.25) is 4.79 Å². The Balaban J connectivity index is 1.40. The molecule has 0 fully saturated rings. The first-order valence-corrected chi connectivity index (χ1v) is 7.86. The van der Waals surface area contributed by atoms with Gasteiger partial charge in [-0.25, -0.2) is 9.37 Å². The van der Waals surface area contributed by atoms with E-state index < -0.39 is 6.10 Å². The number of imidazole rings is 1. The van der Waals surface area contributed by atoms with Crippen molar-refractivity contribution in [2.45, 2.75) is 44.9 Å². The summed E-state index contributed by atoms with van der Waals surface area (Å²) < 4.78 is 21.0. The first-order valence-electron chi connectivity index (χ1n) is 7.86. The van der Waals surface area contributed by atoms with Gasteiger partial charge in [0.2, 0.25) is 0 Å². The monoisotopic (exact) mass is 315 g/mol. The van der Waals surface area contributed by atoms with Gasteiger partial charge in [0.1, 0.15) is 17.4 Å². The Morgan fingerprint density at radius 2 is 2.35 bits per heavy atom. The number of carbonyl (C=O) groups is 1. The maximum atomic E-state index is 13.2. The zero-order valence-corrected chi connectivity index (χ0v) is 12.9. The van der Waals surface area contributed by atoms with Gasteiger partial charge < -0.3 is 14.6 Å². The van der Waals surface area contributed by atoms with Crippen LogP contribution < -0.4 is 10.1 Å². The average molecular weight is 315 g/mol. The molecule has 2 atom stereocenters. The number of halogens is 1. The van der Waals surface area contributed by atoms with Crippen LogP contribution >= 0.6 is 0 Å². The third-order valence-corrected chi connectivity index (χ3v) is 4.45. The molecule has 0 aliphatic carbocycles. The van der Waals surface area contributed by atoms with Gasteiger partial charge in [0.25, 0.3) is 5.91 Å². The van der Waals surface area contributed by atoms with E-state index in [4.69, 9.17) is 4.74 Å². The predicted octanol–water partition coefficient (Wildman–Crippen LogP) is 1.77. The van der Waals surface area contributed by atoms with E-state index in [1.54, 1.807) is 6.07 Å². The number of aryl methyl sites for hydroxylation is 2. The second-order valence-corrected chi connectivity index (χ2v) is 6.26. The number of carbonyl (C=O) groups excluding carboxylic acids is 1. The summed E-state index contributed by atoms with van der Waals surface area (Å²) >= 11 is 0. The second kappa shape index (κ2) is 5.37. The molecule has 0 saturated heterocycles. The molecule has 1 aromatic heterocycles. The second-order valence-electron chi connectivity index (χ2n) is 6.26. The molecule has 120 valence electrons. The van der Waals surface area contributed by atoms with Gasteiger partial charge >= 0.3 is 0 Å². The Labute approximate surface area is 133 Å². The van der Waals surface area contributed by atoms with Gasteiger partial charge in [-0.1, -0.05) is 0 Å². The fourth-order valence-electron chi connectivity index (χ4n) is 3.36. The molecule has 1 amide bonds. The van der Waals surface area contributed by atoms with E-state index in [0.29, 0.717) is 12.2 Å². The van der Waals surface area contributed by atoms with E-state index in [0.717, 1.165) is 36.5 Å². The minimum Gasteiger partial charge on any atom is -0.480 e. The van der Waals surface area contributed by atoms with Crippen molar-refractivity contribution in [3.8, 4) is 5.75 Å². The molecule has 0 saturated carbocycles. The quantitative estimate of drug-likeness (QED) is 0.919. The summed E-state index contributed by atoms with van der Waals surface area (Å²) in [5.41, 5.74) is 1.75. The van der Waals surface area contributed by atoms with Gasteiger partial charge in [0, 0.05) is 37.2 Å². The zero-order valence-electron chi connectivity index (χ0n) is 12.9. The lowest BCUT2D eigenvalue weighted by atomic mass is 10.1. The summed E-state index contributed by atoms with van der Waals surface area (Å²) in [4.78, 5) is 16.9. The molecule has 0 bridgehead atoms. The van der Waals surface area contributed by atoms with Crippen LogP contribution in [-0.2, 0) is 24.2 Å². The van der Waals surface area contributed by atoms with Crippen LogP contribution in [0.1, 0.15) is 23.5 Å². The van der Waals surface area contributed by atoms with Crippen molar-refractivity contribution in [3.63, 3.8) is 0 Å². The van der Waals surface area contributed by atoms with Crippen LogP contribution in [0.4, 0.5) is 4.39 Å². The minimum absolute atomic E-state index is 0.0765. The van der Waals surface area contributed by atoms with Gasteiger partial charge in [0.15, 0.2) is 6.10 Å². The van der Waals surface area contributed by atoms with Crippen LogP contribution in [0, 0.1) is 12.7 Å². The van der Waals surface area contributed by atoms with Gasteiger partial charge in [-0.05, 0) is 31.5 Å². The Bertz CT molecular complexity index is 771. The van der Waals surface area contributed by atoms with Crippen molar-refractivity contribution in [1.29, 1.82) is 0 Å². The first-order chi connectivity index (χ1) is 11.1. The third kappa shape index (κ3) is 2.69. The molecular formula is C17H18FN3O2. The summed E-state index contributed by atoms with van der Waals surface area (Å²) in [6.45, 7) is 2.71. The number of hydrogen-bond donors (Lipinski definition) is 1. The minimum atomic E-state index is -0.572. The van der Waals surface area contributed by atoms with E-state index in [-0.39, 0.29) is 17.8 Å². The summed E-state index contributed by atoms with van der Waals surface area (Å²) in [5.74, 6) is 1.24. The number of ether oxygens (including phenoxy) is 1. The fourth-order valence-corrected chi connectivity index (χ4v) is 3.36. The lowest BCUT2D eigenvalue weighted by molar-refractivity contribution is -0.128. The first kappa shape index (κ1) is 14.2. The lowest BCUT2D eigenvalue weighted by Gasteiger charge is -2.25. The maximum absolute atomic E-state index is 13.2. The van der Waals surface area contributed by atoms with Crippen LogP contribution in [0.2, 0.25) is 0 Å². The largest absolute Gasteiger partial charge is 0.480 e. The molecule has 2 unspecified atom stereocenters. The molecule has 3 heterocycles. The predicted molar refractivity (Wildman–Crippen MR) is 81.7 cm³/mol. The Morgan fingerprint density at radius 3 is 3.22 bits per heavy atom. The Kier molecular flexibility index (Phi) is 3.32. The molecule has 23 heavy (non-hydrogen) atoms. The number of nitrogens with one attached hydrogen (secondary N) is 1. The van der Waals surface area contributed by atoms with Crippen molar-refractivity contribution in [3.05, 3.63) is 47.3 Å². The van der Waals surface area contributed by atoms with Gasteiger partial charge in [-0.2, -0.15) is 0 Å². The van der Waals surface area contributed by atoms with Crippen molar-refractivity contribution in [2.75, 3.05) is 0 Å². The van der Waals surface area contributed by atoms with Crippen LogP contribution in [0.3, 0.4) is 0 Å². The van der Waals surface area contributed by atoms with Crippen molar-refractivity contribution in [2.24, 2.45) is 0 Å². The molecule has 2 aromatic rings. The number of nitrogens with zero attached hydrogens (tertiary/aromatic N) is 2. The Hall–Kier alpha value is -2.37. The van der Waals surface area contributed by atoms with E-state index in [1.165, 1.54) is 12.1 Å². The molecule has 0 spiro atoms. The van der Waals surface area contributed by atoms with Crippen LogP contribution in [0.15, 0.2) is 24.4 Å². The summed E-state index contributed by atoms with van der Waals surface area (Å²) in [6, 6.07) is 4.44. The van der Waals surface area contributed by atoms with Gasteiger partial charge in [-0.15, -0.1) is 0 Å². The number of rotatable bonds is 2. The molecule has 1 aromatic carbocycles. The number of benzene rings is 1. The van der Waals surface area contributed by atoms with Crippen LogP contribution in [-0.4, -0.2) is 27.6 Å². The van der Waals surface area contributed by atoms with E-state index >= 15 is 0 Å². The highest BCUT2D eigenvalue weighted by Gasteiger charge is 2.31. The molecule has 2 aliphatic heterocycles. The molecule has 5 nitrogen and oxygen atoms in total. The number of amides is 1. The number of aromatic nitrogens is 2. The topological polar surface area (TPSA) is 56.2 Å². The summed E-state index contributed by atoms with van der Waals surface area (Å²) in [7, 11) is 0. The van der Waals surface area contributed by atoms with Crippen molar-refractivity contribution < 1.29 is 13.9 Å². The normalized spacial score (nSPS) is 22.2. The molecular weight excluding hydrogens is 297 g/mol. The molecule has 0 radical (unpaired) electrons. The zero-order chi connectivity index (χ0) is 16.0. The summed E-state index contributed by atoms with van der Waals surface area (Å²) in [6.07, 6.45) is 3.59. The maximum Gasteiger partial charge on any atom is 0.261 e. The van der Waals surface area contributed by atoms with Crippen molar-refractivity contribution in [1.82, 2.24) is 14.9 Å². The fraction of sp³-hybridized carbons (Fsp3) is 0.412. The molecule has 1 N–H and O–H groups in total. The number of fused-ring (bicyclic) bond motifs is 2. The highest BCUT2D eigenvalue weighted by atomic mass is 19.1. The van der Waals surface area contributed by atoms with Gasteiger partial charge in [0.05, 0.1) is 5.69 Å². The smallest absolute Gasteiger partial charge is 0.261 e. The van der Waals surface area contributed by atoms with Crippen LogP contribution in [0.5, 0.6) is 5.75 Å². The third-order valence-electron chi connectivity index (χ3n) is 4.45. The van der Waals surface area contributed by atoms with E-state index in [2.05, 4.69) is 14.9 Å². The van der Waals surface area contributed by atoms with Crippen LogP contribution in [0.25, 0.3) is 0 Å². The standard InChI is InChI=1S/C17H18FN3O2/c1-10-8-21-9-13(3-5-16(21)19-10)20-17(22)15-7-11-6-12(18)2-4-14(11)23-15/h2,4,6,8,13,15H,3,5,7,9H2,1H3,(H,20,22). The average Bonchev–Trinajstić information content (AvgIpc) is 3.08. The SMILES string of the molecule is Cc1cn2c(n1)CCC(NC(=O)C1Cc3cc(F)ccc3O1)C2. The molecule has 6 heteroatoms. The molecule has 2 aliphatic rings. The molecule has 4 rings (SSSR count). The Morgan fingerprint density at radius 1 is 1.48 bits per heavy atom. The summed E-state index contributed by atoms with van der Waals surface area (Å²) in [5, 5.41) is 3.05. The number of hydrogen-bond acceptors (Lipinski definition) is 3. The highest BCUT2D eigenvalue weighted by Crippen LogP contribution is 2.29. The van der Waals surface area contributed by atoms with Crippen molar-refractivity contribution >= 4 is 5.91 Å².